The van der Waals surface area contributed by atoms with E-state index in [4.69, 9.17) is 0 Å². The molecule has 1 aromatic carbocycles. The lowest BCUT2D eigenvalue weighted by molar-refractivity contribution is -0.136. The highest BCUT2D eigenvalue weighted by molar-refractivity contribution is 8.00. The number of pyridine rings is 1. The zero-order chi connectivity index (χ0) is 15.3. The van der Waals surface area contributed by atoms with Crippen molar-refractivity contribution >= 4 is 35.1 Å². The van der Waals surface area contributed by atoms with Crippen LogP contribution in [0.25, 0.3) is 0 Å². The maximum Gasteiger partial charge on any atom is 0.327 e. The van der Waals surface area contributed by atoms with Crippen molar-refractivity contribution in [1.29, 1.82) is 0 Å². The molecule has 2 atom stereocenters. The Morgan fingerprint density at radius 2 is 2.05 bits per heavy atom. The van der Waals surface area contributed by atoms with E-state index in [9.17, 15) is 14.7 Å². The summed E-state index contributed by atoms with van der Waals surface area (Å²) in [6.07, 6.45) is 1.61. The van der Waals surface area contributed by atoms with Crippen LogP contribution in [0, 0.1) is 0 Å². The minimum Gasteiger partial charge on any atom is -0.480 e. The van der Waals surface area contributed by atoms with Gasteiger partial charge in [0, 0.05) is 11.8 Å². The van der Waals surface area contributed by atoms with Gasteiger partial charge in [-0.3, -0.25) is 9.69 Å². The summed E-state index contributed by atoms with van der Waals surface area (Å²) in [6.45, 7) is 0. The highest BCUT2D eigenvalue weighted by atomic mass is 32.2. The van der Waals surface area contributed by atoms with Gasteiger partial charge in [0.05, 0.1) is 17.4 Å². The average molecular weight is 313 g/mol. The SMILES string of the molecule is O=C(O)C1Sc2nccc3c2C1NC(=O)N3c1ccccc1. The molecule has 2 aliphatic rings. The molecule has 0 saturated carbocycles. The molecule has 2 aromatic rings. The molecule has 0 saturated heterocycles. The molecule has 22 heavy (non-hydrogen) atoms. The maximum absolute atomic E-state index is 12.5. The minimum absolute atomic E-state index is 0.324. The number of benzene rings is 1. The number of carbonyl (C=O) groups is 2. The predicted molar refractivity (Wildman–Crippen MR) is 81.4 cm³/mol. The van der Waals surface area contributed by atoms with Gasteiger partial charge in [0.25, 0.3) is 0 Å². The molecular weight excluding hydrogens is 302 g/mol. The topological polar surface area (TPSA) is 82.5 Å². The third-order valence-corrected chi connectivity index (χ3v) is 5.04. The summed E-state index contributed by atoms with van der Waals surface area (Å²) in [7, 11) is 0. The fraction of sp³-hybridized carbons (Fsp3) is 0.133. The summed E-state index contributed by atoms with van der Waals surface area (Å²) < 4.78 is 0. The molecule has 0 bridgehead atoms. The first-order valence-corrected chi connectivity index (χ1v) is 7.59. The van der Waals surface area contributed by atoms with Crippen molar-refractivity contribution in [3.8, 4) is 0 Å². The molecule has 110 valence electrons. The normalized spacial score (nSPS) is 22.2. The van der Waals surface area contributed by atoms with Gasteiger partial charge in [0.1, 0.15) is 10.3 Å². The number of para-hydroxylation sites is 1. The van der Waals surface area contributed by atoms with Gasteiger partial charge in [-0.2, -0.15) is 0 Å². The van der Waals surface area contributed by atoms with E-state index in [-0.39, 0.29) is 6.03 Å². The second-order valence-electron chi connectivity index (χ2n) is 5.02. The van der Waals surface area contributed by atoms with Gasteiger partial charge in [0.15, 0.2) is 0 Å². The predicted octanol–water partition coefficient (Wildman–Crippen LogP) is 2.54. The van der Waals surface area contributed by atoms with Gasteiger partial charge in [0.2, 0.25) is 0 Å². The summed E-state index contributed by atoms with van der Waals surface area (Å²) >= 11 is 1.18. The molecular formula is C15H11N3O3S. The average Bonchev–Trinajstić information content (AvgIpc) is 2.89. The van der Waals surface area contributed by atoms with E-state index in [1.54, 1.807) is 17.2 Å². The zero-order valence-corrected chi connectivity index (χ0v) is 12.1. The molecule has 1 aromatic heterocycles. The van der Waals surface area contributed by atoms with E-state index in [1.165, 1.54) is 11.8 Å². The number of anilines is 2. The molecule has 2 unspecified atom stereocenters. The molecule has 0 spiro atoms. The lowest BCUT2D eigenvalue weighted by atomic mass is 10.0. The van der Waals surface area contributed by atoms with E-state index >= 15 is 0 Å². The van der Waals surface area contributed by atoms with E-state index in [0.717, 1.165) is 11.3 Å². The summed E-state index contributed by atoms with van der Waals surface area (Å²) in [6, 6.07) is 10.1. The molecule has 0 radical (unpaired) electrons. The molecule has 2 amide bonds. The number of carbonyl (C=O) groups excluding carboxylic acids is 1. The lowest BCUT2D eigenvalue weighted by Crippen LogP contribution is -2.47. The standard InChI is InChI=1S/C15H11N3O3S/c19-14(20)12-11-10-9(6-7-16-13(10)22-12)18(15(21)17-11)8-4-2-1-3-5-8/h1-7,11-12H,(H,17,21)(H,19,20). The van der Waals surface area contributed by atoms with Gasteiger partial charge in [-0.15, -0.1) is 0 Å². The van der Waals surface area contributed by atoms with Crippen molar-refractivity contribution in [2.45, 2.75) is 16.3 Å². The molecule has 0 aliphatic carbocycles. The van der Waals surface area contributed by atoms with Gasteiger partial charge in [-0.25, -0.2) is 9.78 Å². The number of rotatable bonds is 2. The Morgan fingerprint density at radius 3 is 2.77 bits per heavy atom. The Labute approximate surface area is 130 Å². The summed E-state index contributed by atoms with van der Waals surface area (Å²) in [5.41, 5.74) is 2.21. The molecule has 3 heterocycles. The summed E-state index contributed by atoms with van der Waals surface area (Å²) in [5, 5.41) is 12.1. The lowest BCUT2D eigenvalue weighted by Gasteiger charge is -2.33. The van der Waals surface area contributed by atoms with Crippen LogP contribution in [0.5, 0.6) is 0 Å². The first-order chi connectivity index (χ1) is 10.7. The molecule has 0 fully saturated rings. The van der Waals surface area contributed by atoms with Crippen LogP contribution >= 0.6 is 11.8 Å². The van der Waals surface area contributed by atoms with Crippen LogP contribution in [0.1, 0.15) is 11.6 Å². The van der Waals surface area contributed by atoms with Crippen LogP contribution < -0.4 is 10.2 Å². The minimum atomic E-state index is -0.951. The van der Waals surface area contributed by atoms with Crippen LogP contribution in [0.4, 0.5) is 16.2 Å². The van der Waals surface area contributed by atoms with Gasteiger partial charge >= 0.3 is 12.0 Å². The van der Waals surface area contributed by atoms with E-state index in [1.807, 2.05) is 30.3 Å². The molecule has 2 N–H and O–H groups in total. The van der Waals surface area contributed by atoms with Crippen LogP contribution in [-0.4, -0.2) is 27.3 Å². The number of aliphatic carboxylic acids is 1. The number of hydrogen-bond acceptors (Lipinski definition) is 4. The zero-order valence-electron chi connectivity index (χ0n) is 11.3. The third-order valence-electron chi connectivity index (χ3n) is 3.76. The first kappa shape index (κ1) is 13.1. The third kappa shape index (κ3) is 1.79. The first-order valence-electron chi connectivity index (χ1n) is 6.71. The highest BCUT2D eigenvalue weighted by Gasteiger charge is 2.46. The number of thioether (sulfide) groups is 1. The Hall–Kier alpha value is -2.54. The van der Waals surface area contributed by atoms with Crippen molar-refractivity contribution < 1.29 is 14.7 Å². The van der Waals surface area contributed by atoms with Crippen molar-refractivity contribution in [2.75, 3.05) is 4.90 Å². The Kier molecular flexibility index (Phi) is 2.83. The van der Waals surface area contributed by atoms with Crippen LogP contribution in [0.3, 0.4) is 0 Å². The van der Waals surface area contributed by atoms with Crippen LogP contribution in [0.15, 0.2) is 47.6 Å². The van der Waals surface area contributed by atoms with E-state index in [2.05, 4.69) is 10.3 Å². The summed E-state index contributed by atoms with van der Waals surface area (Å²) in [4.78, 5) is 29.7. The maximum atomic E-state index is 12.5. The van der Waals surface area contributed by atoms with Gasteiger partial charge < -0.3 is 10.4 Å². The molecule has 6 nitrogen and oxygen atoms in total. The number of urea groups is 1. The van der Waals surface area contributed by atoms with Gasteiger partial charge in [-0.05, 0) is 18.2 Å². The smallest absolute Gasteiger partial charge is 0.327 e. The van der Waals surface area contributed by atoms with E-state index < -0.39 is 17.3 Å². The summed E-state index contributed by atoms with van der Waals surface area (Å²) in [5.74, 6) is -0.951. The fourth-order valence-corrected chi connectivity index (χ4v) is 4.01. The molecule has 7 heteroatoms. The highest BCUT2D eigenvalue weighted by Crippen LogP contribution is 2.50. The van der Waals surface area contributed by atoms with Crippen molar-refractivity contribution in [3.63, 3.8) is 0 Å². The second-order valence-corrected chi connectivity index (χ2v) is 6.15. The number of carboxylic acid groups (broad SMARTS) is 1. The monoisotopic (exact) mass is 313 g/mol. The largest absolute Gasteiger partial charge is 0.480 e. The van der Waals surface area contributed by atoms with Gasteiger partial charge in [-0.1, -0.05) is 30.0 Å². The van der Waals surface area contributed by atoms with Crippen molar-refractivity contribution in [2.24, 2.45) is 0 Å². The van der Waals surface area contributed by atoms with Crippen LogP contribution in [0.2, 0.25) is 0 Å². The number of amides is 2. The van der Waals surface area contributed by atoms with Crippen molar-refractivity contribution in [3.05, 3.63) is 48.2 Å². The number of nitrogens with zero attached hydrogens (tertiary/aromatic N) is 2. The van der Waals surface area contributed by atoms with Crippen molar-refractivity contribution in [1.82, 2.24) is 10.3 Å². The quantitative estimate of drug-likeness (QED) is 0.890. The number of carboxylic acids is 1. The number of aromatic nitrogens is 1. The second kappa shape index (κ2) is 4.74. The Balaban J connectivity index is 1.88. The molecule has 4 rings (SSSR count). The number of hydrogen-bond donors (Lipinski definition) is 2. The Morgan fingerprint density at radius 1 is 1.27 bits per heavy atom. The van der Waals surface area contributed by atoms with E-state index in [0.29, 0.717) is 10.7 Å². The Bertz CT molecular complexity index is 781. The fourth-order valence-electron chi connectivity index (χ4n) is 2.85. The number of nitrogens with one attached hydrogen (secondary N) is 1. The molecule has 2 aliphatic heterocycles. The van der Waals surface area contributed by atoms with Crippen LogP contribution in [-0.2, 0) is 4.79 Å².